The molecule has 28 heavy (non-hydrogen) atoms. The summed E-state index contributed by atoms with van der Waals surface area (Å²) in [7, 11) is 0. The van der Waals surface area contributed by atoms with Gasteiger partial charge in [-0.25, -0.2) is 4.98 Å². The van der Waals surface area contributed by atoms with Crippen molar-refractivity contribution < 1.29 is 4.79 Å². The molecule has 0 unspecified atom stereocenters. The lowest BCUT2D eigenvalue weighted by atomic mass is 9.87. The number of hydrogen-bond acceptors (Lipinski definition) is 2. The molecule has 1 fully saturated rings. The zero-order chi connectivity index (χ0) is 18.9. The Morgan fingerprint density at radius 2 is 1.43 bits per heavy atom. The topological polar surface area (TPSA) is 49.0 Å². The normalized spacial score (nSPS) is 14.4. The van der Waals surface area contributed by atoms with Gasteiger partial charge in [-0.1, -0.05) is 72.8 Å². The average Bonchev–Trinajstić information content (AvgIpc) is 3.12. The molecule has 0 spiro atoms. The first-order valence-electron chi connectivity index (χ1n) is 9.63. The van der Waals surface area contributed by atoms with E-state index in [1.165, 1.54) is 0 Å². The number of imidazole rings is 1. The summed E-state index contributed by atoms with van der Waals surface area (Å²) in [4.78, 5) is 23.4. The van der Waals surface area contributed by atoms with Crippen molar-refractivity contribution in [2.45, 2.75) is 11.8 Å². The maximum Gasteiger partial charge on any atom is 0.234 e. The van der Waals surface area contributed by atoms with Crippen LogP contribution in [0, 0.1) is 0 Å². The fourth-order valence-corrected chi connectivity index (χ4v) is 3.95. The number of carbonyl (C=O) groups is 1. The second kappa shape index (κ2) is 6.97. The maximum atomic E-state index is 13.4. The fourth-order valence-electron chi connectivity index (χ4n) is 3.95. The van der Waals surface area contributed by atoms with Crippen molar-refractivity contribution >= 4 is 16.9 Å². The highest BCUT2D eigenvalue weighted by Crippen LogP contribution is 2.33. The van der Waals surface area contributed by atoms with Gasteiger partial charge in [0, 0.05) is 13.1 Å². The van der Waals surface area contributed by atoms with Crippen molar-refractivity contribution in [3.05, 3.63) is 102 Å². The summed E-state index contributed by atoms with van der Waals surface area (Å²) in [6.07, 6.45) is 0. The molecule has 4 nitrogen and oxygen atoms in total. The van der Waals surface area contributed by atoms with E-state index in [1.807, 2.05) is 89.8 Å². The van der Waals surface area contributed by atoms with E-state index in [0.29, 0.717) is 13.1 Å². The van der Waals surface area contributed by atoms with Crippen LogP contribution in [0.5, 0.6) is 0 Å². The van der Waals surface area contributed by atoms with Gasteiger partial charge in [-0.2, -0.15) is 0 Å². The number of aromatic nitrogens is 2. The highest BCUT2D eigenvalue weighted by molar-refractivity contribution is 5.88. The Hall–Kier alpha value is -3.40. The van der Waals surface area contributed by atoms with Gasteiger partial charge in [0.05, 0.1) is 22.9 Å². The second-order valence-electron chi connectivity index (χ2n) is 7.33. The van der Waals surface area contributed by atoms with Crippen LogP contribution >= 0.6 is 0 Å². The van der Waals surface area contributed by atoms with Crippen molar-refractivity contribution in [2.24, 2.45) is 0 Å². The summed E-state index contributed by atoms with van der Waals surface area (Å²) < 4.78 is 0. The van der Waals surface area contributed by atoms with E-state index in [2.05, 4.69) is 4.98 Å². The fraction of sp³-hybridized carbons (Fsp3) is 0.167. The van der Waals surface area contributed by atoms with Crippen LogP contribution in [0.15, 0.2) is 84.9 Å². The van der Waals surface area contributed by atoms with Crippen LogP contribution in [0.25, 0.3) is 11.0 Å². The van der Waals surface area contributed by atoms with Gasteiger partial charge in [0.25, 0.3) is 0 Å². The number of H-pyrrole nitrogens is 1. The number of rotatable bonds is 4. The summed E-state index contributed by atoms with van der Waals surface area (Å²) >= 11 is 0. The number of likely N-dealkylation sites (tertiary alicyclic amines) is 1. The molecule has 0 saturated carbocycles. The number of nitrogens with zero attached hydrogens (tertiary/aromatic N) is 2. The molecule has 0 bridgehead atoms. The summed E-state index contributed by atoms with van der Waals surface area (Å²) in [5.41, 5.74) is 4.10. The molecule has 0 atom stereocenters. The van der Waals surface area contributed by atoms with Crippen molar-refractivity contribution in [1.29, 1.82) is 0 Å². The van der Waals surface area contributed by atoms with Crippen LogP contribution in [-0.2, 0) is 4.79 Å². The van der Waals surface area contributed by atoms with E-state index in [4.69, 9.17) is 4.98 Å². The Kier molecular flexibility index (Phi) is 4.17. The summed E-state index contributed by atoms with van der Waals surface area (Å²) in [6, 6.07) is 28.1. The monoisotopic (exact) mass is 367 g/mol. The molecule has 1 amide bonds. The number of benzene rings is 3. The van der Waals surface area contributed by atoms with Gasteiger partial charge >= 0.3 is 0 Å². The van der Waals surface area contributed by atoms with Crippen molar-refractivity contribution in [3.63, 3.8) is 0 Å². The molecule has 1 aliphatic rings. The van der Waals surface area contributed by atoms with Crippen LogP contribution in [0.1, 0.15) is 28.8 Å². The second-order valence-corrected chi connectivity index (χ2v) is 7.33. The van der Waals surface area contributed by atoms with Crippen LogP contribution in [-0.4, -0.2) is 33.9 Å². The molecule has 1 saturated heterocycles. The molecule has 1 N–H and O–H groups in total. The standard InChI is InChI=1S/C24H21N3O/c28-24(22(17-9-3-1-4-10-17)18-11-5-2-6-12-18)27-15-19(16-27)23-25-20-13-7-8-14-21(20)26-23/h1-14,19,22H,15-16H2,(H,25,26). The molecule has 0 radical (unpaired) electrons. The number of carbonyl (C=O) groups excluding carboxylic acids is 1. The third-order valence-electron chi connectivity index (χ3n) is 5.50. The largest absolute Gasteiger partial charge is 0.342 e. The summed E-state index contributed by atoms with van der Waals surface area (Å²) in [6.45, 7) is 1.41. The van der Waals surface area contributed by atoms with Crippen molar-refractivity contribution in [3.8, 4) is 0 Å². The SMILES string of the molecule is O=C(C(c1ccccc1)c1ccccc1)N1CC(c2nc3ccccc3[nH]2)C1. The van der Waals surface area contributed by atoms with Gasteiger partial charge in [-0.05, 0) is 23.3 Å². The van der Waals surface area contributed by atoms with Gasteiger partial charge in [-0.3, -0.25) is 4.79 Å². The van der Waals surface area contributed by atoms with Gasteiger partial charge in [-0.15, -0.1) is 0 Å². The van der Waals surface area contributed by atoms with E-state index < -0.39 is 0 Å². The molecule has 4 aromatic rings. The minimum Gasteiger partial charge on any atom is -0.342 e. The summed E-state index contributed by atoms with van der Waals surface area (Å²) in [5.74, 6) is 1.13. The Balaban J connectivity index is 1.37. The lowest BCUT2D eigenvalue weighted by Crippen LogP contribution is -2.50. The van der Waals surface area contributed by atoms with Crippen LogP contribution in [0.4, 0.5) is 0 Å². The molecule has 5 rings (SSSR count). The zero-order valence-electron chi connectivity index (χ0n) is 15.5. The van der Waals surface area contributed by atoms with E-state index in [0.717, 1.165) is 28.0 Å². The minimum absolute atomic E-state index is 0.157. The molecule has 138 valence electrons. The van der Waals surface area contributed by atoms with Crippen LogP contribution in [0.3, 0.4) is 0 Å². The van der Waals surface area contributed by atoms with Crippen LogP contribution < -0.4 is 0 Å². The van der Waals surface area contributed by atoms with E-state index in [1.54, 1.807) is 0 Å². The van der Waals surface area contributed by atoms with Gasteiger partial charge < -0.3 is 9.88 Å². The first-order valence-corrected chi connectivity index (χ1v) is 9.63. The lowest BCUT2D eigenvalue weighted by molar-refractivity contribution is -0.136. The quantitative estimate of drug-likeness (QED) is 0.584. The smallest absolute Gasteiger partial charge is 0.234 e. The molecule has 2 heterocycles. The number of amides is 1. The van der Waals surface area contributed by atoms with E-state index >= 15 is 0 Å². The highest BCUT2D eigenvalue weighted by Gasteiger charge is 2.37. The van der Waals surface area contributed by atoms with E-state index in [-0.39, 0.29) is 17.7 Å². The number of aromatic amines is 1. The first kappa shape index (κ1) is 16.8. The van der Waals surface area contributed by atoms with Crippen molar-refractivity contribution in [1.82, 2.24) is 14.9 Å². The predicted octanol–water partition coefficient (Wildman–Crippen LogP) is 4.32. The molecule has 0 aliphatic carbocycles. The van der Waals surface area contributed by atoms with Gasteiger partial charge in [0.1, 0.15) is 5.82 Å². The third kappa shape index (κ3) is 2.97. The highest BCUT2D eigenvalue weighted by atomic mass is 16.2. The molecule has 3 aromatic carbocycles. The average molecular weight is 367 g/mol. The first-order chi connectivity index (χ1) is 13.8. The van der Waals surface area contributed by atoms with Crippen molar-refractivity contribution in [2.75, 3.05) is 13.1 Å². The van der Waals surface area contributed by atoms with Gasteiger partial charge in [0.15, 0.2) is 0 Å². The zero-order valence-corrected chi connectivity index (χ0v) is 15.5. The molecular formula is C24H21N3O. The Morgan fingerprint density at radius 3 is 2.04 bits per heavy atom. The Bertz CT molecular complexity index is 1030. The predicted molar refractivity (Wildman–Crippen MR) is 110 cm³/mol. The third-order valence-corrected chi connectivity index (χ3v) is 5.50. The number of para-hydroxylation sites is 2. The molecule has 1 aromatic heterocycles. The summed E-state index contributed by atoms with van der Waals surface area (Å²) in [5, 5.41) is 0. The minimum atomic E-state index is -0.265. The molecule has 1 aliphatic heterocycles. The molecular weight excluding hydrogens is 346 g/mol. The Morgan fingerprint density at radius 1 is 0.857 bits per heavy atom. The van der Waals surface area contributed by atoms with Gasteiger partial charge in [0.2, 0.25) is 5.91 Å². The maximum absolute atomic E-state index is 13.4. The molecule has 4 heteroatoms. The number of hydrogen-bond donors (Lipinski definition) is 1. The van der Waals surface area contributed by atoms with E-state index in [9.17, 15) is 4.79 Å². The number of nitrogens with one attached hydrogen (secondary N) is 1. The lowest BCUT2D eigenvalue weighted by Gasteiger charge is -2.40. The Labute approximate surface area is 163 Å². The van der Waals surface area contributed by atoms with Crippen LogP contribution in [0.2, 0.25) is 0 Å². The number of fused-ring (bicyclic) bond motifs is 1.